The molecule has 3 heterocycles. The zero-order valence-electron chi connectivity index (χ0n) is 16.0. The van der Waals surface area contributed by atoms with Gasteiger partial charge in [-0.1, -0.05) is 25.0 Å². The van der Waals surface area contributed by atoms with E-state index in [1.54, 1.807) is 0 Å². The van der Waals surface area contributed by atoms with Crippen molar-refractivity contribution in [2.24, 2.45) is 0 Å². The summed E-state index contributed by atoms with van der Waals surface area (Å²) >= 11 is 0. The molecule has 4 rings (SSSR count). The Balaban J connectivity index is 1.74. The summed E-state index contributed by atoms with van der Waals surface area (Å²) in [7, 11) is 0. The summed E-state index contributed by atoms with van der Waals surface area (Å²) in [6, 6.07) is 12.4. The number of fused-ring (bicyclic) bond motifs is 1. The van der Waals surface area contributed by atoms with Crippen molar-refractivity contribution in [3.05, 3.63) is 71.2 Å². The molecule has 1 atom stereocenters. The van der Waals surface area contributed by atoms with Crippen LogP contribution in [0, 0.1) is 13.8 Å². The fourth-order valence-corrected chi connectivity index (χ4v) is 4.03. The van der Waals surface area contributed by atoms with Gasteiger partial charge >= 0.3 is 0 Å². The van der Waals surface area contributed by atoms with Gasteiger partial charge < -0.3 is 4.90 Å². The van der Waals surface area contributed by atoms with Gasteiger partial charge in [-0.25, -0.2) is 0 Å². The molecule has 1 aromatic carbocycles. The summed E-state index contributed by atoms with van der Waals surface area (Å²) in [4.78, 5) is 24.4. The lowest BCUT2D eigenvalue weighted by Gasteiger charge is -2.31. The number of hydrogen-bond acceptors (Lipinski definition) is 3. The Hall–Kier alpha value is -2.75. The molecule has 1 aliphatic rings. The Morgan fingerprint density at radius 2 is 1.85 bits per heavy atom. The molecule has 0 radical (unpaired) electrons. The number of nitrogens with zero attached hydrogens (tertiary/aromatic N) is 3. The molecule has 1 amide bonds. The number of likely N-dealkylation sites (tertiary alicyclic amines) is 1. The molecule has 0 N–H and O–H groups in total. The molecule has 1 aliphatic heterocycles. The second-order valence-electron chi connectivity index (χ2n) is 7.46. The normalized spacial score (nSPS) is 17.7. The van der Waals surface area contributed by atoms with Crippen molar-refractivity contribution in [2.45, 2.75) is 45.6 Å². The lowest BCUT2D eigenvalue weighted by Crippen LogP contribution is -2.35. The third-order valence-corrected chi connectivity index (χ3v) is 5.50. The number of benzene rings is 1. The first-order valence-electron chi connectivity index (χ1n) is 9.72. The van der Waals surface area contributed by atoms with Crippen LogP contribution < -0.4 is 0 Å². The van der Waals surface area contributed by atoms with E-state index in [4.69, 9.17) is 4.98 Å². The molecular formula is C23H25N3O. The second-order valence-corrected chi connectivity index (χ2v) is 7.46. The number of aromatic nitrogens is 2. The van der Waals surface area contributed by atoms with Crippen LogP contribution in [0.3, 0.4) is 0 Å². The molecule has 0 saturated carbocycles. The van der Waals surface area contributed by atoms with Crippen molar-refractivity contribution in [1.82, 2.24) is 14.9 Å². The molecule has 1 unspecified atom stereocenters. The van der Waals surface area contributed by atoms with Gasteiger partial charge in [0.05, 0.1) is 22.8 Å². The van der Waals surface area contributed by atoms with Gasteiger partial charge in [0, 0.05) is 24.3 Å². The monoisotopic (exact) mass is 359 g/mol. The summed E-state index contributed by atoms with van der Waals surface area (Å²) in [5.74, 6) is 0.0891. The van der Waals surface area contributed by atoms with Crippen LogP contribution in [-0.2, 0) is 0 Å². The van der Waals surface area contributed by atoms with Crippen LogP contribution in [0.5, 0.6) is 0 Å². The third-order valence-electron chi connectivity index (χ3n) is 5.50. The zero-order chi connectivity index (χ0) is 18.8. The van der Waals surface area contributed by atoms with Crippen LogP contribution in [0.2, 0.25) is 0 Å². The SMILES string of the molecule is Cc1ccc2cc(C(=O)N3CCCCCC3c3ccncc3)c(C)nc2c1. The van der Waals surface area contributed by atoms with Crippen LogP contribution >= 0.6 is 0 Å². The molecule has 27 heavy (non-hydrogen) atoms. The Bertz CT molecular complexity index is 968. The number of carbonyl (C=O) groups is 1. The van der Waals surface area contributed by atoms with Gasteiger partial charge in [-0.3, -0.25) is 14.8 Å². The Morgan fingerprint density at radius 3 is 2.67 bits per heavy atom. The minimum atomic E-state index is 0.0891. The van der Waals surface area contributed by atoms with E-state index in [1.807, 2.05) is 42.4 Å². The number of pyridine rings is 2. The zero-order valence-corrected chi connectivity index (χ0v) is 16.0. The summed E-state index contributed by atoms with van der Waals surface area (Å²) in [6.45, 7) is 4.79. The highest BCUT2D eigenvalue weighted by molar-refractivity contribution is 5.99. The minimum absolute atomic E-state index is 0.0891. The van der Waals surface area contributed by atoms with E-state index in [1.165, 1.54) is 17.5 Å². The highest BCUT2D eigenvalue weighted by atomic mass is 16.2. The van der Waals surface area contributed by atoms with Crippen molar-refractivity contribution in [1.29, 1.82) is 0 Å². The predicted molar refractivity (Wildman–Crippen MR) is 108 cm³/mol. The molecule has 1 saturated heterocycles. The lowest BCUT2D eigenvalue weighted by molar-refractivity contribution is 0.0680. The van der Waals surface area contributed by atoms with E-state index < -0.39 is 0 Å². The van der Waals surface area contributed by atoms with Crippen LogP contribution in [0.4, 0.5) is 0 Å². The van der Waals surface area contributed by atoms with Crippen molar-refractivity contribution in [2.75, 3.05) is 6.54 Å². The second kappa shape index (κ2) is 7.47. The van der Waals surface area contributed by atoms with E-state index >= 15 is 0 Å². The number of amides is 1. The fourth-order valence-electron chi connectivity index (χ4n) is 4.03. The molecular weight excluding hydrogens is 334 g/mol. The Morgan fingerprint density at radius 1 is 1.04 bits per heavy atom. The van der Waals surface area contributed by atoms with Crippen LogP contribution in [0.25, 0.3) is 10.9 Å². The average molecular weight is 359 g/mol. The van der Waals surface area contributed by atoms with Crippen molar-refractivity contribution >= 4 is 16.8 Å². The van der Waals surface area contributed by atoms with Crippen LogP contribution in [-0.4, -0.2) is 27.3 Å². The first-order chi connectivity index (χ1) is 13.1. The van der Waals surface area contributed by atoms with Crippen molar-refractivity contribution in [3.63, 3.8) is 0 Å². The topological polar surface area (TPSA) is 46.1 Å². The Kier molecular flexibility index (Phi) is 4.88. The molecule has 0 spiro atoms. The molecule has 4 heteroatoms. The number of hydrogen-bond donors (Lipinski definition) is 0. The third kappa shape index (κ3) is 3.57. The van der Waals surface area contributed by atoms with Gasteiger partial charge in [0.1, 0.15) is 0 Å². The molecule has 1 fully saturated rings. The molecule has 2 aromatic heterocycles. The highest BCUT2D eigenvalue weighted by Gasteiger charge is 2.28. The molecule has 3 aromatic rings. The Labute approximate surface area is 160 Å². The summed E-state index contributed by atoms with van der Waals surface area (Å²) in [5, 5.41) is 1.02. The quantitative estimate of drug-likeness (QED) is 0.646. The first-order valence-corrected chi connectivity index (χ1v) is 9.72. The summed E-state index contributed by atoms with van der Waals surface area (Å²) in [5.41, 5.74) is 4.81. The number of rotatable bonds is 2. The van der Waals surface area contributed by atoms with Crippen LogP contribution in [0.15, 0.2) is 48.8 Å². The number of carbonyl (C=O) groups excluding carboxylic acids is 1. The average Bonchev–Trinajstić information content (AvgIpc) is 2.93. The van der Waals surface area contributed by atoms with E-state index in [-0.39, 0.29) is 11.9 Å². The van der Waals surface area contributed by atoms with Gasteiger partial charge in [0.25, 0.3) is 5.91 Å². The van der Waals surface area contributed by atoms with E-state index in [2.05, 4.69) is 30.1 Å². The minimum Gasteiger partial charge on any atom is -0.332 e. The van der Waals surface area contributed by atoms with Gasteiger partial charge in [-0.2, -0.15) is 0 Å². The highest BCUT2D eigenvalue weighted by Crippen LogP contribution is 2.32. The van der Waals surface area contributed by atoms with Crippen molar-refractivity contribution in [3.8, 4) is 0 Å². The van der Waals surface area contributed by atoms with Gasteiger partial charge in [-0.15, -0.1) is 0 Å². The van der Waals surface area contributed by atoms with Crippen molar-refractivity contribution < 1.29 is 4.79 Å². The maximum atomic E-state index is 13.5. The van der Waals surface area contributed by atoms with Gasteiger partial charge in [-0.05, 0) is 62.1 Å². The maximum absolute atomic E-state index is 13.5. The molecule has 4 nitrogen and oxygen atoms in total. The lowest BCUT2D eigenvalue weighted by atomic mass is 10.0. The predicted octanol–water partition coefficient (Wildman–Crippen LogP) is 5.00. The van der Waals surface area contributed by atoms with E-state index in [9.17, 15) is 4.79 Å². The summed E-state index contributed by atoms with van der Waals surface area (Å²) < 4.78 is 0. The number of aryl methyl sites for hydroxylation is 2. The molecule has 0 bridgehead atoms. The maximum Gasteiger partial charge on any atom is 0.256 e. The molecule has 0 aliphatic carbocycles. The van der Waals surface area contributed by atoms with Gasteiger partial charge in [0.15, 0.2) is 0 Å². The fraction of sp³-hybridized carbons (Fsp3) is 0.348. The largest absolute Gasteiger partial charge is 0.332 e. The van der Waals surface area contributed by atoms with Gasteiger partial charge in [0.2, 0.25) is 0 Å². The van der Waals surface area contributed by atoms with E-state index in [0.717, 1.165) is 42.4 Å². The van der Waals surface area contributed by atoms with E-state index in [0.29, 0.717) is 5.56 Å². The molecule has 138 valence electrons. The summed E-state index contributed by atoms with van der Waals surface area (Å²) in [6.07, 6.45) is 7.98. The van der Waals surface area contributed by atoms with Crippen LogP contribution in [0.1, 0.15) is 58.9 Å². The first kappa shape index (κ1) is 17.7. The standard InChI is InChI=1S/C23H25N3O/c1-16-7-8-19-15-20(17(2)25-21(19)14-16)23(27)26-13-5-3-4-6-22(26)18-9-11-24-12-10-18/h7-12,14-15,22H,3-6,13H2,1-2H3. The smallest absolute Gasteiger partial charge is 0.256 e.